The number of rotatable bonds is 4. The van der Waals surface area contributed by atoms with Crippen LogP contribution in [-0.2, 0) is 11.2 Å². The van der Waals surface area contributed by atoms with Crippen molar-refractivity contribution in [3.8, 4) is 0 Å². The van der Waals surface area contributed by atoms with Gasteiger partial charge in [0.15, 0.2) is 5.13 Å². The van der Waals surface area contributed by atoms with Crippen molar-refractivity contribution < 1.29 is 4.79 Å². The van der Waals surface area contributed by atoms with Gasteiger partial charge in [-0.1, -0.05) is 17.4 Å². The zero-order valence-electron chi connectivity index (χ0n) is 9.19. The number of fused-ring (bicyclic) bond motifs is 1. The van der Waals surface area contributed by atoms with E-state index < -0.39 is 0 Å². The average molecular weight is 234 g/mol. The van der Waals surface area contributed by atoms with E-state index in [9.17, 15) is 4.79 Å². The Balaban J connectivity index is 2.10. The summed E-state index contributed by atoms with van der Waals surface area (Å²) in [6.07, 6.45) is 2.51. The number of hydrogen-bond acceptors (Lipinski definition) is 4. The number of carbonyl (C=O) groups is 1. The van der Waals surface area contributed by atoms with Gasteiger partial charge in [0.2, 0.25) is 0 Å². The van der Waals surface area contributed by atoms with E-state index in [1.165, 1.54) is 16.9 Å². The lowest BCUT2D eigenvalue weighted by Gasteiger charge is -1.99. The molecule has 16 heavy (non-hydrogen) atoms. The number of nitrogens with two attached hydrogens (primary N) is 1. The summed E-state index contributed by atoms with van der Waals surface area (Å²) in [5, 5.41) is 0.607. The molecule has 0 aliphatic heterocycles. The zero-order chi connectivity index (χ0) is 11.5. The highest BCUT2D eigenvalue weighted by molar-refractivity contribution is 7.22. The van der Waals surface area contributed by atoms with Crippen LogP contribution in [0.5, 0.6) is 0 Å². The molecule has 2 N–H and O–H groups in total. The van der Waals surface area contributed by atoms with Gasteiger partial charge in [-0.3, -0.25) is 0 Å². The largest absolute Gasteiger partial charge is 0.375 e. The van der Waals surface area contributed by atoms with Gasteiger partial charge in [0, 0.05) is 6.42 Å². The summed E-state index contributed by atoms with van der Waals surface area (Å²) in [5.74, 6) is 0.253. The van der Waals surface area contributed by atoms with Gasteiger partial charge in [-0.05, 0) is 37.5 Å². The topological polar surface area (TPSA) is 56.0 Å². The first-order valence-electron chi connectivity index (χ1n) is 5.29. The van der Waals surface area contributed by atoms with Crippen molar-refractivity contribution in [2.24, 2.45) is 0 Å². The predicted octanol–water partition coefficient (Wildman–Crippen LogP) is 2.79. The molecular weight excluding hydrogens is 220 g/mol. The SMILES string of the molecule is CC(=O)CCCc1ccc2nc(N)sc2c1. The first-order valence-corrected chi connectivity index (χ1v) is 6.11. The smallest absolute Gasteiger partial charge is 0.181 e. The molecule has 1 heterocycles. The molecule has 1 aromatic heterocycles. The highest BCUT2D eigenvalue weighted by atomic mass is 32.1. The normalized spacial score (nSPS) is 10.8. The van der Waals surface area contributed by atoms with Crippen molar-refractivity contribution in [3.63, 3.8) is 0 Å². The van der Waals surface area contributed by atoms with Crippen molar-refractivity contribution in [1.82, 2.24) is 4.98 Å². The van der Waals surface area contributed by atoms with Crippen LogP contribution >= 0.6 is 11.3 Å². The molecule has 84 valence electrons. The summed E-state index contributed by atoms with van der Waals surface area (Å²) in [5.41, 5.74) is 7.85. The van der Waals surface area contributed by atoms with Gasteiger partial charge in [0.25, 0.3) is 0 Å². The van der Waals surface area contributed by atoms with Gasteiger partial charge in [-0.2, -0.15) is 0 Å². The third-order valence-corrected chi connectivity index (χ3v) is 3.31. The van der Waals surface area contributed by atoms with Gasteiger partial charge < -0.3 is 10.5 Å². The van der Waals surface area contributed by atoms with Gasteiger partial charge in [-0.15, -0.1) is 0 Å². The highest BCUT2D eigenvalue weighted by Gasteiger charge is 2.02. The maximum atomic E-state index is 10.8. The number of hydrogen-bond donors (Lipinski definition) is 1. The highest BCUT2D eigenvalue weighted by Crippen LogP contribution is 2.25. The fourth-order valence-electron chi connectivity index (χ4n) is 1.68. The summed E-state index contributed by atoms with van der Waals surface area (Å²) in [6.45, 7) is 1.63. The maximum absolute atomic E-state index is 10.8. The Labute approximate surface area is 98.3 Å². The predicted molar refractivity (Wildman–Crippen MR) is 67.7 cm³/mol. The fraction of sp³-hybridized carbons (Fsp3) is 0.333. The van der Waals surface area contributed by atoms with Crippen molar-refractivity contribution in [2.75, 3.05) is 5.73 Å². The Bertz CT molecular complexity index is 519. The lowest BCUT2D eigenvalue weighted by molar-refractivity contribution is -0.117. The Morgan fingerprint density at radius 3 is 3.06 bits per heavy atom. The van der Waals surface area contributed by atoms with E-state index in [2.05, 4.69) is 17.1 Å². The molecule has 3 nitrogen and oxygen atoms in total. The third-order valence-electron chi connectivity index (χ3n) is 2.46. The van der Waals surface area contributed by atoms with Crippen molar-refractivity contribution in [2.45, 2.75) is 26.2 Å². The number of carbonyl (C=O) groups excluding carboxylic acids is 1. The Hall–Kier alpha value is -1.42. The van der Waals surface area contributed by atoms with E-state index in [4.69, 9.17) is 5.73 Å². The van der Waals surface area contributed by atoms with Crippen molar-refractivity contribution in [1.29, 1.82) is 0 Å². The number of anilines is 1. The Morgan fingerprint density at radius 2 is 2.31 bits per heavy atom. The van der Waals surface area contributed by atoms with Crippen LogP contribution in [0, 0.1) is 0 Å². The molecule has 2 aromatic rings. The first-order chi connectivity index (χ1) is 7.65. The molecule has 0 aliphatic rings. The maximum Gasteiger partial charge on any atom is 0.181 e. The van der Waals surface area contributed by atoms with Crippen molar-refractivity contribution in [3.05, 3.63) is 23.8 Å². The number of aryl methyl sites for hydroxylation is 1. The molecule has 0 saturated carbocycles. The van der Waals surface area contributed by atoms with Gasteiger partial charge in [-0.25, -0.2) is 4.98 Å². The average Bonchev–Trinajstić information content (AvgIpc) is 2.56. The molecule has 0 saturated heterocycles. The number of thiazole rings is 1. The van der Waals surface area contributed by atoms with Gasteiger partial charge in [0.1, 0.15) is 5.78 Å². The standard InChI is InChI=1S/C12H14N2OS/c1-8(15)3-2-4-9-5-6-10-11(7-9)16-12(13)14-10/h5-7H,2-4H2,1H3,(H2,13,14). The first kappa shape index (κ1) is 11.1. The van der Waals surface area contributed by atoms with E-state index in [-0.39, 0.29) is 5.78 Å². The molecule has 0 aliphatic carbocycles. The molecule has 0 spiro atoms. The summed E-state index contributed by atoms with van der Waals surface area (Å²) in [6, 6.07) is 6.16. The van der Waals surface area contributed by atoms with Gasteiger partial charge >= 0.3 is 0 Å². The van der Waals surface area contributed by atoms with Crippen LogP contribution in [-0.4, -0.2) is 10.8 Å². The Morgan fingerprint density at radius 1 is 1.50 bits per heavy atom. The number of ketones is 1. The molecule has 1 aromatic carbocycles. The van der Waals surface area contributed by atoms with Crippen LogP contribution in [0.2, 0.25) is 0 Å². The van der Waals surface area contributed by atoms with E-state index in [0.29, 0.717) is 11.6 Å². The van der Waals surface area contributed by atoms with Crippen LogP contribution in [0.4, 0.5) is 5.13 Å². The van der Waals surface area contributed by atoms with E-state index in [0.717, 1.165) is 23.1 Å². The minimum absolute atomic E-state index is 0.253. The summed E-state index contributed by atoms with van der Waals surface area (Å²) >= 11 is 1.51. The lowest BCUT2D eigenvalue weighted by Crippen LogP contribution is -1.92. The third kappa shape index (κ3) is 2.58. The number of nitrogens with zero attached hydrogens (tertiary/aromatic N) is 1. The molecule has 0 amide bonds. The van der Waals surface area contributed by atoms with Crippen LogP contribution in [0.15, 0.2) is 18.2 Å². The molecule has 0 unspecified atom stereocenters. The van der Waals surface area contributed by atoms with Crippen molar-refractivity contribution >= 4 is 32.5 Å². The Kier molecular flexibility index (Phi) is 3.19. The lowest BCUT2D eigenvalue weighted by atomic mass is 10.1. The number of nitrogen functional groups attached to an aromatic ring is 1. The molecule has 0 radical (unpaired) electrons. The van der Waals surface area contributed by atoms with Gasteiger partial charge in [0.05, 0.1) is 10.2 Å². The number of aromatic nitrogens is 1. The van der Waals surface area contributed by atoms with E-state index in [1.54, 1.807) is 6.92 Å². The minimum Gasteiger partial charge on any atom is -0.375 e. The summed E-state index contributed by atoms with van der Waals surface area (Å²) in [7, 11) is 0. The second-order valence-electron chi connectivity index (χ2n) is 3.91. The number of benzene rings is 1. The number of Topliss-reactive ketones (excluding diaryl/α,β-unsaturated/α-hetero) is 1. The molecule has 0 bridgehead atoms. The molecule has 2 rings (SSSR count). The summed E-state index contributed by atoms with van der Waals surface area (Å²) in [4.78, 5) is 15.0. The zero-order valence-corrected chi connectivity index (χ0v) is 10.0. The molecular formula is C12H14N2OS. The van der Waals surface area contributed by atoms with Crippen LogP contribution in [0.1, 0.15) is 25.3 Å². The molecule has 0 atom stereocenters. The quantitative estimate of drug-likeness (QED) is 0.885. The van der Waals surface area contributed by atoms with Crippen LogP contribution in [0.3, 0.4) is 0 Å². The molecule has 4 heteroatoms. The second-order valence-corrected chi connectivity index (χ2v) is 4.97. The van der Waals surface area contributed by atoms with E-state index >= 15 is 0 Å². The minimum atomic E-state index is 0.253. The summed E-state index contributed by atoms with van der Waals surface area (Å²) < 4.78 is 1.12. The molecule has 0 fully saturated rings. The van der Waals surface area contributed by atoms with E-state index in [1.807, 2.05) is 6.07 Å². The fourth-order valence-corrected chi connectivity index (χ4v) is 2.48. The van der Waals surface area contributed by atoms with Crippen LogP contribution < -0.4 is 5.73 Å². The monoisotopic (exact) mass is 234 g/mol. The second kappa shape index (κ2) is 4.61. The van der Waals surface area contributed by atoms with Crippen LogP contribution in [0.25, 0.3) is 10.2 Å².